The number of ether oxygens (including phenoxy) is 1. The van der Waals surface area contributed by atoms with Gasteiger partial charge < -0.3 is 9.15 Å². The molecule has 1 fully saturated rings. The number of methoxy groups -OCH3 is 1. The molecule has 2 amide bonds. The zero-order valence-electron chi connectivity index (χ0n) is 13.3. The fourth-order valence-electron chi connectivity index (χ4n) is 2.22. The fourth-order valence-corrected chi connectivity index (χ4v) is 3.42. The number of nitrogens with zero attached hydrogens (tertiary/aromatic N) is 1. The number of benzene rings is 1. The zero-order valence-corrected chi connectivity index (χ0v) is 15.7. The fraction of sp³-hybridized carbons (Fsp3) is 0.118. The molecule has 0 radical (unpaired) electrons. The van der Waals surface area contributed by atoms with Crippen molar-refractivity contribution in [3.8, 4) is 11.3 Å². The second-order valence-corrected chi connectivity index (χ2v) is 7.01. The van der Waals surface area contributed by atoms with E-state index in [1.165, 1.54) is 13.2 Å². The molecule has 2 aromatic rings. The van der Waals surface area contributed by atoms with Crippen LogP contribution >= 0.6 is 35.0 Å². The van der Waals surface area contributed by atoms with Crippen molar-refractivity contribution in [1.82, 2.24) is 4.90 Å². The van der Waals surface area contributed by atoms with Gasteiger partial charge in [-0.25, -0.2) is 0 Å². The molecule has 0 saturated carbocycles. The molecule has 9 heteroatoms. The van der Waals surface area contributed by atoms with Crippen molar-refractivity contribution >= 4 is 58.2 Å². The molecule has 0 spiro atoms. The Labute approximate surface area is 162 Å². The molecule has 0 aliphatic carbocycles. The highest BCUT2D eigenvalue weighted by Crippen LogP contribution is 2.35. The van der Waals surface area contributed by atoms with E-state index in [1.807, 2.05) is 0 Å². The van der Waals surface area contributed by atoms with Gasteiger partial charge in [0.15, 0.2) is 0 Å². The van der Waals surface area contributed by atoms with Crippen molar-refractivity contribution < 1.29 is 23.5 Å². The standard InChI is InChI=1S/C17H11Cl2NO5S/c1-24-15(21)8-20-16(22)14(26-17(20)23)7-10-3-5-13(25-10)11-6-9(18)2-4-12(11)19/h2-7H,8H2,1H3/b14-7+. The molecular formula is C17H11Cl2NO5S. The van der Waals surface area contributed by atoms with Gasteiger partial charge in [0.1, 0.15) is 18.1 Å². The van der Waals surface area contributed by atoms with Crippen LogP contribution in [0.3, 0.4) is 0 Å². The third-order valence-corrected chi connectivity index (χ3v) is 4.95. The molecule has 1 saturated heterocycles. The summed E-state index contributed by atoms with van der Waals surface area (Å²) in [6, 6.07) is 8.30. The molecule has 3 rings (SSSR count). The Hall–Kier alpha value is -2.22. The van der Waals surface area contributed by atoms with Gasteiger partial charge in [-0.05, 0) is 42.1 Å². The average molecular weight is 412 g/mol. The predicted molar refractivity (Wildman–Crippen MR) is 98.9 cm³/mol. The Balaban J connectivity index is 1.84. The highest BCUT2D eigenvalue weighted by molar-refractivity contribution is 8.18. The van der Waals surface area contributed by atoms with Gasteiger partial charge in [-0.1, -0.05) is 23.2 Å². The molecule has 1 aromatic heterocycles. The van der Waals surface area contributed by atoms with E-state index in [2.05, 4.69) is 4.74 Å². The Kier molecular flexibility index (Phi) is 5.41. The number of furan rings is 1. The monoisotopic (exact) mass is 411 g/mol. The number of hydrogen-bond donors (Lipinski definition) is 0. The van der Waals surface area contributed by atoms with Crippen molar-refractivity contribution in [2.75, 3.05) is 13.7 Å². The molecule has 1 aliphatic heterocycles. The molecule has 0 bridgehead atoms. The van der Waals surface area contributed by atoms with Crippen LogP contribution in [-0.4, -0.2) is 35.7 Å². The van der Waals surface area contributed by atoms with Crippen LogP contribution in [0.25, 0.3) is 17.4 Å². The first kappa shape index (κ1) is 18.6. The van der Waals surface area contributed by atoms with Gasteiger partial charge in [0.2, 0.25) is 0 Å². The van der Waals surface area contributed by atoms with Crippen LogP contribution < -0.4 is 0 Å². The Bertz CT molecular complexity index is 937. The summed E-state index contributed by atoms with van der Waals surface area (Å²) in [4.78, 5) is 36.5. The molecule has 26 heavy (non-hydrogen) atoms. The molecule has 0 unspecified atom stereocenters. The first-order valence-corrected chi connectivity index (χ1v) is 8.83. The number of imide groups is 1. The van der Waals surface area contributed by atoms with E-state index in [-0.39, 0.29) is 4.91 Å². The maximum atomic E-state index is 12.3. The van der Waals surface area contributed by atoms with Gasteiger partial charge >= 0.3 is 5.97 Å². The lowest BCUT2D eigenvalue weighted by Crippen LogP contribution is -2.34. The van der Waals surface area contributed by atoms with Gasteiger partial charge in [-0.2, -0.15) is 0 Å². The van der Waals surface area contributed by atoms with Crippen LogP contribution in [0.5, 0.6) is 0 Å². The number of carbonyl (C=O) groups excluding carboxylic acids is 3. The van der Waals surface area contributed by atoms with E-state index in [0.29, 0.717) is 27.1 Å². The third kappa shape index (κ3) is 3.80. The molecule has 0 atom stereocenters. The molecule has 1 aromatic carbocycles. The van der Waals surface area contributed by atoms with Crippen molar-refractivity contribution in [2.24, 2.45) is 0 Å². The number of hydrogen-bond acceptors (Lipinski definition) is 6. The molecule has 2 heterocycles. The van der Waals surface area contributed by atoms with E-state index >= 15 is 0 Å². The molecule has 0 N–H and O–H groups in total. The van der Waals surface area contributed by atoms with E-state index < -0.39 is 23.7 Å². The summed E-state index contributed by atoms with van der Waals surface area (Å²) < 4.78 is 10.2. The van der Waals surface area contributed by atoms with Gasteiger partial charge in [0.25, 0.3) is 11.1 Å². The van der Waals surface area contributed by atoms with Crippen molar-refractivity contribution in [3.05, 3.63) is 51.0 Å². The van der Waals surface area contributed by atoms with E-state index in [1.54, 1.807) is 30.3 Å². The molecule has 134 valence electrons. The second kappa shape index (κ2) is 7.57. The van der Waals surface area contributed by atoms with Crippen LogP contribution in [-0.2, 0) is 14.3 Å². The van der Waals surface area contributed by atoms with Crippen molar-refractivity contribution in [1.29, 1.82) is 0 Å². The van der Waals surface area contributed by atoms with Crippen LogP contribution in [0.4, 0.5) is 4.79 Å². The number of halogens is 2. The summed E-state index contributed by atoms with van der Waals surface area (Å²) in [6.07, 6.45) is 1.43. The summed E-state index contributed by atoms with van der Waals surface area (Å²) in [6.45, 7) is -0.431. The summed E-state index contributed by atoms with van der Waals surface area (Å²) >= 11 is 12.8. The minimum Gasteiger partial charge on any atom is -0.468 e. The predicted octanol–water partition coefficient (Wildman–Crippen LogP) is 4.46. The van der Waals surface area contributed by atoms with Crippen molar-refractivity contribution in [3.63, 3.8) is 0 Å². The Morgan fingerprint density at radius 2 is 2.04 bits per heavy atom. The highest BCUT2D eigenvalue weighted by atomic mass is 35.5. The number of carbonyl (C=O) groups is 3. The summed E-state index contributed by atoms with van der Waals surface area (Å²) in [5, 5.41) is 0.427. The molecule has 1 aliphatic rings. The first-order chi connectivity index (χ1) is 12.4. The second-order valence-electron chi connectivity index (χ2n) is 5.17. The number of amides is 2. The number of esters is 1. The van der Waals surface area contributed by atoms with Crippen LogP contribution in [0.15, 0.2) is 39.7 Å². The molecule has 6 nitrogen and oxygen atoms in total. The normalized spacial score (nSPS) is 15.8. The summed E-state index contributed by atoms with van der Waals surface area (Å²) in [5.41, 5.74) is 0.609. The van der Waals surface area contributed by atoms with Crippen LogP contribution in [0.2, 0.25) is 10.0 Å². The van der Waals surface area contributed by atoms with E-state index in [4.69, 9.17) is 27.6 Å². The maximum absolute atomic E-state index is 12.3. The lowest BCUT2D eigenvalue weighted by Gasteiger charge is -2.09. The van der Waals surface area contributed by atoms with E-state index in [0.717, 1.165) is 16.7 Å². The zero-order chi connectivity index (χ0) is 18.8. The Morgan fingerprint density at radius 1 is 1.27 bits per heavy atom. The minimum absolute atomic E-state index is 0.150. The smallest absolute Gasteiger partial charge is 0.325 e. The average Bonchev–Trinajstić information content (AvgIpc) is 3.17. The third-order valence-electron chi connectivity index (χ3n) is 3.48. The number of thioether (sulfide) groups is 1. The SMILES string of the molecule is COC(=O)CN1C(=O)S/C(=C/c2ccc(-c3cc(Cl)ccc3Cl)o2)C1=O. The highest BCUT2D eigenvalue weighted by Gasteiger charge is 2.36. The summed E-state index contributed by atoms with van der Waals surface area (Å²) in [5.74, 6) is -0.425. The number of rotatable bonds is 4. The van der Waals surface area contributed by atoms with Crippen LogP contribution in [0, 0.1) is 0 Å². The lowest BCUT2D eigenvalue weighted by atomic mass is 10.2. The van der Waals surface area contributed by atoms with Gasteiger partial charge in [-0.3, -0.25) is 19.3 Å². The van der Waals surface area contributed by atoms with E-state index in [9.17, 15) is 14.4 Å². The first-order valence-electron chi connectivity index (χ1n) is 7.26. The summed E-state index contributed by atoms with van der Waals surface area (Å²) in [7, 11) is 1.18. The minimum atomic E-state index is -0.676. The van der Waals surface area contributed by atoms with Gasteiger partial charge in [0, 0.05) is 16.7 Å². The van der Waals surface area contributed by atoms with Crippen LogP contribution in [0.1, 0.15) is 5.76 Å². The largest absolute Gasteiger partial charge is 0.468 e. The topological polar surface area (TPSA) is 76.8 Å². The molecular weight excluding hydrogens is 401 g/mol. The van der Waals surface area contributed by atoms with Crippen molar-refractivity contribution in [2.45, 2.75) is 0 Å². The van der Waals surface area contributed by atoms with Gasteiger partial charge in [-0.15, -0.1) is 0 Å². The maximum Gasteiger partial charge on any atom is 0.325 e. The lowest BCUT2D eigenvalue weighted by molar-refractivity contribution is -0.143. The quantitative estimate of drug-likeness (QED) is 0.545. The Morgan fingerprint density at radius 3 is 2.77 bits per heavy atom. The van der Waals surface area contributed by atoms with Gasteiger partial charge in [0.05, 0.1) is 17.0 Å².